The van der Waals surface area contributed by atoms with Crippen LogP contribution < -0.4 is 5.43 Å². The smallest absolute Gasteiger partial charge is 0.266 e. The van der Waals surface area contributed by atoms with E-state index < -0.39 is 0 Å². The number of hydrazone groups is 1. The number of halogens is 3. The van der Waals surface area contributed by atoms with Crippen LogP contribution in [0, 0.1) is 0 Å². The monoisotopic (exact) mass is 396 g/mol. The molecule has 24 heavy (non-hydrogen) atoms. The van der Waals surface area contributed by atoms with Crippen molar-refractivity contribution < 1.29 is 4.79 Å². The standard InChI is InChI=1S/C17H11Cl3N2OS/c1-9(11-7-6-10(18)8-13(11)19)21-22-17(23)16-15(20)12-4-2-3-5-14(12)24-16/h2-8H,1H3,(H,22,23)/b21-9-. The van der Waals surface area contributed by atoms with Crippen molar-refractivity contribution in [1.29, 1.82) is 0 Å². The number of hydrogen-bond acceptors (Lipinski definition) is 3. The number of benzene rings is 2. The summed E-state index contributed by atoms with van der Waals surface area (Å²) in [7, 11) is 0. The molecule has 3 rings (SSSR count). The molecule has 3 nitrogen and oxygen atoms in total. The number of amides is 1. The molecule has 0 unspecified atom stereocenters. The number of fused-ring (bicyclic) bond motifs is 1. The lowest BCUT2D eigenvalue weighted by molar-refractivity contribution is 0.0959. The van der Waals surface area contributed by atoms with Crippen LogP contribution in [0.1, 0.15) is 22.2 Å². The van der Waals surface area contributed by atoms with Crippen molar-refractivity contribution in [3.8, 4) is 0 Å². The Bertz CT molecular complexity index is 966. The first kappa shape index (κ1) is 17.2. The summed E-state index contributed by atoms with van der Waals surface area (Å²) in [5.74, 6) is -0.356. The Morgan fingerprint density at radius 1 is 1.12 bits per heavy atom. The van der Waals surface area contributed by atoms with Crippen molar-refractivity contribution in [2.24, 2.45) is 5.10 Å². The van der Waals surface area contributed by atoms with Gasteiger partial charge in [0.05, 0.1) is 15.8 Å². The predicted octanol–water partition coefficient (Wildman–Crippen LogP) is 6.02. The molecule has 0 atom stereocenters. The molecule has 2 aromatic carbocycles. The van der Waals surface area contributed by atoms with Crippen LogP contribution in [0.3, 0.4) is 0 Å². The van der Waals surface area contributed by atoms with Crippen LogP contribution in [0.15, 0.2) is 47.6 Å². The molecule has 0 aliphatic heterocycles. The van der Waals surface area contributed by atoms with Gasteiger partial charge in [0.15, 0.2) is 0 Å². The lowest BCUT2D eigenvalue weighted by atomic mass is 10.1. The maximum absolute atomic E-state index is 12.4. The van der Waals surface area contributed by atoms with Crippen molar-refractivity contribution in [2.45, 2.75) is 6.92 Å². The average molecular weight is 398 g/mol. The Morgan fingerprint density at radius 3 is 2.58 bits per heavy atom. The molecule has 1 N–H and O–H groups in total. The van der Waals surface area contributed by atoms with E-state index >= 15 is 0 Å². The molecule has 1 heterocycles. The van der Waals surface area contributed by atoms with E-state index in [4.69, 9.17) is 34.8 Å². The number of carbonyl (C=O) groups excluding carboxylic acids is 1. The third kappa shape index (κ3) is 3.42. The van der Waals surface area contributed by atoms with Gasteiger partial charge in [0.2, 0.25) is 0 Å². The van der Waals surface area contributed by atoms with Gasteiger partial charge in [-0.3, -0.25) is 4.79 Å². The minimum Gasteiger partial charge on any atom is -0.266 e. The summed E-state index contributed by atoms with van der Waals surface area (Å²) in [6.07, 6.45) is 0. The molecule has 0 aliphatic rings. The molecule has 3 aromatic rings. The molecular formula is C17H11Cl3N2OS. The molecular weight excluding hydrogens is 387 g/mol. The number of nitrogens with one attached hydrogen (secondary N) is 1. The third-order valence-corrected chi connectivity index (χ3v) is 5.61. The van der Waals surface area contributed by atoms with Gasteiger partial charge in [-0.1, -0.05) is 59.1 Å². The van der Waals surface area contributed by atoms with E-state index in [-0.39, 0.29) is 5.91 Å². The summed E-state index contributed by atoms with van der Waals surface area (Å²) in [6.45, 7) is 1.75. The third-order valence-electron chi connectivity index (χ3n) is 3.39. The molecule has 0 spiro atoms. The fourth-order valence-electron chi connectivity index (χ4n) is 2.19. The van der Waals surface area contributed by atoms with E-state index in [1.807, 2.05) is 24.3 Å². The van der Waals surface area contributed by atoms with Crippen LogP contribution in [0.25, 0.3) is 10.1 Å². The summed E-state index contributed by atoms with van der Waals surface area (Å²) in [5, 5.41) is 6.41. The number of thiophene rings is 1. The Kier molecular flexibility index (Phi) is 5.11. The van der Waals surface area contributed by atoms with Crippen molar-refractivity contribution in [3.63, 3.8) is 0 Å². The van der Waals surface area contributed by atoms with Crippen LogP contribution in [0.2, 0.25) is 15.1 Å². The van der Waals surface area contributed by atoms with Gasteiger partial charge in [-0.2, -0.15) is 5.10 Å². The average Bonchev–Trinajstić information content (AvgIpc) is 2.90. The normalized spacial score (nSPS) is 11.8. The van der Waals surface area contributed by atoms with E-state index in [2.05, 4.69) is 10.5 Å². The molecule has 7 heteroatoms. The molecule has 0 fully saturated rings. The molecule has 0 aliphatic carbocycles. The number of rotatable bonds is 3. The minimum atomic E-state index is -0.356. The Labute approximate surface area is 157 Å². The van der Waals surface area contributed by atoms with E-state index in [0.717, 1.165) is 10.1 Å². The Hall–Kier alpha value is -1.59. The van der Waals surface area contributed by atoms with E-state index in [9.17, 15) is 4.79 Å². The maximum atomic E-state index is 12.4. The summed E-state index contributed by atoms with van der Waals surface area (Å²) >= 11 is 19.6. The first-order valence-corrected chi connectivity index (χ1v) is 8.89. The van der Waals surface area contributed by atoms with Gasteiger partial charge in [0.1, 0.15) is 4.88 Å². The number of carbonyl (C=O) groups is 1. The second kappa shape index (κ2) is 7.11. The van der Waals surface area contributed by atoms with Gasteiger partial charge < -0.3 is 0 Å². The zero-order chi connectivity index (χ0) is 17.3. The van der Waals surface area contributed by atoms with Crippen LogP contribution in [0.5, 0.6) is 0 Å². The van der Waals surface area contributed by atoms with Crippen LogP contribution in [-0.2, 0) is 0 Å². The molecule has 1 aromatic heterocycles. The van der Waals surface area contributed by atoms with Gasteiger partial charge in [-0.05, 0) is 25.1 Å². The van der Waals surface area contributed by atoms with Crippen LogP contribution >= 0.6 is 46.1 Å². The highest BCUT2D eigenvalue weighted by atomic mass is 35.5. The van der Waals surface area contributed by atoms with Crippen molar-refractivity contribution >= 4 is 67.8 Å². The molecule has 0 bridgehead atoms. The lowest BCUT2D eigenvalue weighted by Crippen LogP contribution is -2.18. The van der Waals surface area contributed by atoms with Crippen LogP contribution in [0.4, 0.5) is 0 Å². The summed E-state index contributed by atoms with van der Waals surface area (Å²) in [4.78, 5) is 12.8. The van der Waals surface area contributed by atoms with Gasteiger partial charge in [-0.15, -0.1) is 11.3 Å². The SMILES string of the molecule is C/C(=N/NC(=O)c1sc2ccccc2c1Cl)c1ccc(Cl)cc1Cl. The number of hydrogen-bond donors (Lipinski definition) is 1. The van der Waals surface area contributed by atoms with Crippen molar-refractivity contribution in [2.75, 3.05) is 0 Å². The molecule has 0 saturated heterocycles. The zero-order valence-corrected chi connectivity index (χ0v) is 15.5. The van der Waals surface area contributed by atoms with E-state index in [1.54, 1.807) is 25.1 Å². The largest absolute Gasteiger partial charge is 0.283 e. The topological polar surface area (TPSA) is 41.5 Å². The zero-order valence-electron chi connectivity index (χ0n) is 12.4. The molecule has 122 valence electrons. The Morgan fingerprint density at radius 2 is 1.88 bits per heavy atom. The molecule has 0 radical (unpaired) electrons. The van der Waals surface area contributed by atoms with E-state index in [0.29, 0.717) is 31.2 Å². The second-order valence-corrected chi connectivity index (χ2v) is 7.28. The quantitative estimate of drug-likeness (QED) is 0.426. The van der Waals surface area contributed by atoms with Crippen molar-refractivity contribution in [3.05, 3.63) is 68.0 Å². The highest BCUT2D eigenvalue weighted by molar-refractivity contribution is 7.21. The maximum Gasteiger partial charge on any atom is 0.283 e. The molecule has 0 saturated carbocycles. The fourth-order valence-corrected chi connectivity index (χ4v) is 4.14. The summed E-state index contributed by atoms with van der Waals surface area (Å²) in [5.41, 5.74) is 3.79. The van der Waals surface area contributed by atoms with Gasteiger partial charge in [0.25, 0.3) is 5.91 Å². The highest BCUT2D eigenvalue weighted by Gasteiger charge is 2.16. The Balaban J connectivity index is 1.84. The predicted molar refractivity (Wildman–Crippen MR) is 103 cm³/mol. The fraction of sp³-hybridized carbons (Fsp3) is 0.0588. The second-order valence-electron chi connectivity index (χ2n) is 5.00. The van der Waals surface area contributed by atoms with Gasteiger partial charge in [-0.25, -0.2) is 5.43 Å². The van der Waals surface area contributed by atoms with Crippen LogP contribution in [-0.4, -0.2) is 11.6 Å². The number of nitrogens with zero attached hydrogens (tertiary/aromatic N) is 1. The minimum absolute atomic E-state index is 0.356. The van der Waals surface area contributed by atoms with Crippen molar-refractivity contribution in [1.82, 2.24) is 5.43 Å². The first-order valence-electron chi connectivity index (χ1n) is 6.94. The summed E-state index contributed by atoms with van der Waals surface area (Å²) < 4.78 is 0.953. The lowest BCUT2D eigenvalue weighted by Gasteiger charge is -2.05. The highest BCUT2D eigenvalue weighted by Crippen LogP contribution is 2.35. The van der Waals surface area contributed by atoms with E-state index in [1.165, 1.54) is 11.3 Å². The summed E-state index contributed by atoms with van der Waals surface area (Å²) in [6, 6.07) is 12.7. The van der Waals surface area contributed by atoms with Gasteiger partial charge >= 0.3 is 0 Å². The molecule has 1 amide bonds. The first-order chi connectivity index (χ1) is 11.5. The van der Waals surface area contributed by atoms with Gasteiger partial charge in [0, 0.05) is 20.7 Å².